The van der Waals surface area contributed by atoms with Crippen molar-refractivity contribution in [2.45, 2.75) is 38.6 Å². The summed E-state index contributed by atoms with van der Waals surface area (Å²) in [6.45, 7) is 2.15. The first-order valence-electron chi connectivity index (χ1n) is 10.2. The van der Waals surface area contributed by atoms with Crippen LogP contribution in [0, 0.1) is 5.92 Å². The van der Waals surface area contributed by atoms with Crippen LogP contribution in [0.4, 0.5) is 11.4 Å². The van der Waals surface area contributed by atoms with Crippen LogP contribution in [0.25, 0.3) is 6.08 Å². The van der Waals surface area contributed by atoms with Crippen LogP contribution in [0.2, 0.25) is 0 Å². The summed E-state index contributed by atoms with van der Waals surface area (Å²) in [4.78, 5) is 14.5. The Balaban J connectivity index is 1.48. The number of nitrogens with one attached hydrogen (secondary N) is 1. The lowest BCUT2D eigenvalue weighted by molar-refractivity contribution is -0.111. The predicted octanol–water partition coefficient (Wildman–Crippen LogP) is 4.93. The van der Waals surface area contributed by atoms with E-state index in [0.29, 0.717) is 11.4 Å². The highest BCUT2D eigenvalue weighted by atomic mass is 16.1. The van der Waals surface area contributed by atoms with Crippen LogP contribution in [-0.4, -0.2) is 24.4 Å². The molecule has 2 aromatic carbocycles. The molecule has 28 heavy (non-hydrogen) atoms. The van der Waals surface area contributed by atoms with Gasteiger partial charge in [-0.25, -0.2) is 0 Å². The van der Waals surface area contributed by atoms with E-state index in [2.05, 4.69) is 41.5 Å². The van der Waals surface area contributed by atoms with Gasteiger partial charge in [0.2, 0.25) is 5.91 Å². The smallest absolute Gasteiger partial charge is 0.248 e. The Morgan fingerprint density at radius 3 is 2.54 bits per heavy atom. The molecular weight excluding hydrogens is 346 g/mol. The second-order valence-electron chi connectivity index (χ2n) is 7.85. The minimum atomic E-state index is -0.186. The van der Waals surface area contributed by atoms with Crippen LogP contribution in [0.3, 0.4) is 0 Å². The fourth-order valence-electron chi connectivity index (χ4n) is 3.88. The molecule has 0 unspecified atom stereocenters. The summed E-state index contributed by atoms with van der Waals surface area (Å²) >= 11 is 0. The molecule has 0 bridgehead atoms. The van der Waals surface area contributed by atoms with Crippen molar-refractivity contribution in [3.05, 3.63) is 65.7 Å². The Hall–Kier alpha value is -2.59. The zero-order valence-electron chi connectivity index (χ0n) is 16.7. The van der Waals surface area contributed by atoms with E-state index in [1.165, 1.54) is 50.3 Å². The highest BCUT2D eigenvalue weighted by molar-refractivity contribution is 6.03. The number of carbonyl (C=O) groups is 1. The quantitative estimate of drug-likeness (QED) is 0.531. The highest BCUT2D eigenvalue weighted by Crippen LogP contribution is 2.24. The Labute approximate surface area is 168 Å². The van der Waals surface area contributed by atoms with Crippen molar-refractivity contribution >= 4 is 23.4 Å². The van der Waals surface area contributed by atoms with Gasteiger partial charge in [0, 0.05) is 19.2 Å². The van der Waals surface area contributed by atoms with Crippen LogP contribution in [-0.2, 0) is 11.3 Å². The number of anilines is 2. The molecule has 148 valence electrons. The number of carbonyl (C=O) groups excluding carboxylic acids is 1. The molecule has 0 aromatic heterocycles. The van der Waals surface area contributed by atoms with Gasteiger partial charge in [-0.2, -0.15) is 0 Å². The molecule has 0 radical (unpaired) electrons. The molecule has 0 spiro atoms. The van der Waals surface area contributed by atoms with Gasteiger partial charge in [0.25, 0.3) is 0 Å². The molecular formula is C24H31N3O. The van der Waals surface area contributed by atoms with Gasteiger partial charge < -0.3 is 16.0 Å². The fraction of sp³-hybridized carbons (Fsp3) is 0.375. The van der Waals surface area contributed by atoms with Crippen molar-refractivity contribution in [1.29, 1.82) is 0 Å². The molecule has 3 rings (SSSR count). The number of hydrogen-bond donors (Lipinski definition) is 2. The van der Waals surface area contributed by atoms with E-state index >= 15 is 0 Å². The number of nitrogens with two attached hydrogens (primary N) is 1. The number of rotatable bonds is 7. The van der Waals surface area contributed by atoms with Crippen LogP contribution in [0.15, 0.2) is 54.6 Å². The summed E-state index contributed by atoms with van der Waals surface area (Å²) in [6, 6.07) is 15.7. The Kier molecular flexibility index (Phi) is 7.26. The molecule has 1 aliphatic rings. The standard InChI is InChI=1S/C24H31N3O/c1-27(17-20-7-3-2-4-8-20)18-21-13-11-19(12-14-21)15-16-24(28)26-23-10-6-5-9-22(23)25/h5-6,9-16,20H,2-4,7-8,17-18,25H2,1H3,(H,26,28)/b16-15+. The minimum absolute atomic E-state index is 0.186. The summed E-state index contributed by atoms with van der Waals surface area (Å²) in [5.41, 5.74) is 9.35. The van der Waals surface area contributed by atoms with Crippen molar-refractivity contribution in [2.75, 3.05) is 24.6 Å². The third kappa shape index (κ3) is 6.24. The molecule has 4 heteroatoms. The maximum Gasteiger partial charge on any atom is 0.248 e. The van der Waals surface area contributed by atoms with E-state index in [0.717, 1.165) is 18.0 Å². The molecule has 0 atom stereocenters. The summed E-state index contributed by atoms with van der Waals surface area (Å²) in [7, 11) is 2.21. The van der Waals surface area contributed by atoms with Crippen LogP contribution in [0.1, 0.15) is 43.2 Å². The van der Waals surface area contributed by atoms with E-state index in [-0.39, 0.29) is 5.91 Å². The molecule has 0 saturated heterocycles. The summed E-state index contributed by atoms with van der Waals surface area (Å²) < 4.78 is 0. The van der Waals surface area contributed by atoms with Gasteiger partial charge >= 0.3 is 0 Å². The first kappa shape index (κ1) is 20.2. The fourth-order valence-corrected chi connectivity index (χ4v) is 3.88. The maximum atomic E-state index is 12.1. The van der Waals surface area contributed by atoms with Gasteiger partial charge in [0.05, 0.1) is 11.4 Å². The second kappa shape index (κ2) is 10.1. The predicted molar refractivity (Wildman–Crippen MR) is 118 cm³/mol. The molecule has 2 aromatic rings. The third-order valence-electron chi connectivity index (χ3n) is 5.37. The third-order valence-corrected chi connectivity index (χ3v) is 5.37. The maximum absolute atomic E-state index is 12.1. The SMILES string of the molecule is CN(Cc1ccc(/C=C/C(=O)Nc2ccccc2N)cc1)CC1CCCCC1. The van der Waals surface area contributed by atoms with Gasteiger partial charge in [-0.15, -0.1) is 0 Å². The molecule has 1 saturated carbocycles. The van der Waals surface area contributed by atoms with Crippen LogP contribution >= 0.6 is 0 Å². The van der Waals surface area contributed by atoms with E-state index < -0.39 is 0 Å². The van der Waals surface area contributed by atoms with Crippen molar-refractivity contribution in [2.24, 2.45) is 5.92 Å². The van der Waals surface area contributed by atoms with E-state index in [1.54, 1.807) is 12.1 Å². The van der Waals surface area contributed by atoms with Gasteiger partial charge in [-0.3, -0.25) is 4.79 Å². The average molecular weight is 378 g/mol. The number of amides is 1. The number of para-hydroxylation sites is 2. The lowest BCUT2D eigenvalue weighted by Gasteiger charge is -2.27. The topological polar surface area (TPSA) is 58.4 Å². The van der Waals surface area contributed by atoms with Gasteiger partial charge in [-0.1, -0.05) is 55.7 Å². The van der Waals surface area contributed by atoms with E-state index in [9.17, 15) is 4.79 Å². The Bertz CT molecular complexity index is 792. The number of hydrogen-bond acceptors (Lipinski definition) is 3. The van der Waals surface area contributed by atoms with Crippen molar-refractivity contribution in [3.8, 4) is 0 Å². The average Bonchev–Trinajstić information content (AvgIpc) is 2.70. The zero-order valence-corrected chi connectivity index (χ0v) is 16.7. The normalized spacial score (nSPS) is 15.2. The zero-order chi connectivity index (χ0) is 19.8. The van der Waals surface area contributed by atoms with E-state index in [4.69, 9.17) is 5.73 Å². The molecule has 0 heterocycles. The second-order valence-corrected chi connectivity index (χ2v) is 7.85. The largest absolute Gasteiger partial charge is 0.397 e. The minimum Gasteiger partial charge on any atom is -0.397 e. The first-order valence-corrected chi connectivity index (χ1v) is 10.2. The first-order chi connectivity index (χ1) is 13.6. The van der Waals surface area contributed by atoms with Crippen molar-refractivity contribution in [3.63, 3.8) is 0 Å². The number of benzene rings is 2. The van der Waals surface area contributed by atoms with Crippen molar-refractivity contribution < 1.29 is 4.79 Å². The monoisotopic (exact) mass is 377 g/mol. The van der Waals surface area contributed by atoms with Crippen LogP contribution < -0.4 is 11.1 Å². The summed E-state index contributed by atoms with van der Waals surface area (Å²) in [6.07, 6.45) is 10.3. The van der Waals surface area contributed by atoms with Gasteiger partial charge in [-0.05, 0) is 55.1 Å². The molecule has 1 aliphatic carbocycles. The molecule has 4 nitrogen and oxygen atoms in total. The Morgan fingerprint density at radius 2 is 1.82 bits per heavy atom. The molecule has 1 fully saturated rings. The summed E-state index contributed by atoms with van der Waals surface area (Å²) in [5.74, 6) is 0.673. The molecule has 0 aliphatic heterocycles. The number of nitrogen functional groups attached to an aromatic ring is 1. The van der Waals surface area contributed by atoms with Crippen LogP contribution in [0.5, 0.6) is 0 Å². The Morgan fingerprint density at radius 1 is 1.11 bits per heavy atom. The number of nitrogens with zero attached hydrogens (tertiary/aromatic N) is 1. The summed E-state index contributed by atoms with van der Waals surface area (Å²) in [5, 5.41) is 2.80. The van der Waals surface area contributed by atoms with Gasteiger partial charge in [0.15, 0.2) is 0 Å². The molecule has 1 amide bonds. The van der Waals surface area contributed by atoms with E-state index in [1.807, 2.05) is 18.2 Å². The lowest BCUT2D eigenvalue weighted by Crippen LogP contribution is -2.26. The highest BCUT2D eigenvalue weighted by Gasteiger charge is 2.15. The molecule has 3 N–H and O–H groups in total. The lowest BCUT2D eigenvalue weighted by atomic mass is 9.89. The van der Waals surface area contributed by atoms with Crippen molar-refractivity contribution in [1.82, 2.24) is 4.90 Å². The van der Waals surface area contributed by atoms with Gasteiger partial charge in [0.1, 0.15) is 0 Å².